The topological polar surface area (TPSA) is 88.5 Å². The van der Waals surface area contributed by atoms with Gasteiger partial charge in [0.25, 0.3) is 0 Å². The molecule has 2 fully saturated rings. The molecule has 8 heteroatoms. The van der Waals surface area contributed by atoms with Gasteiger partial charge in [0.2, 0.25) is 5.91 Å². The molecule has 0 aromatic carbocycles. The maximum atomic E-state index is 12.5. The summed E-state index contributed by atoms with van der Waals surface area (Å²) >= 11 is 0. The number of likely N-dealkylation sites (tertiary alicyclic amines) is 1. The molecule has 130 valence electrons. The quantitative estimate of drug-likeness (QED) is 0.839. The van der Waals surface area contributed by atoms with E-state index in [1.807, 2.05) is 11.0 Å². The van der Waals surface area contributed by atoms with Crippen LogP contribution in [-0.2, 0) is 4.79 Å². The summed E-state index contributed by atoms with van der Waals surface area (Å²) in [7, 11) is 0. The van der Waals surface area contributed by atoms with Crippen LogP contribution in [0.15, 0.2) is 12.1 Å². The van der Waals surface area contributed by atoms with Gasteiger partial charge in [-0.15, -0.1) is 24.8 Å². The van der Waals surface area contributed by atoms with Crippen LogP contribution >= 0.6 is 24.8 Å². The number of pyridine rings is 1. The van der Waals surface area contributed by atoms with E-state index in [0.717, 1.165) is 57.7 Å². The van der Waals surface area contributed by atoms with E-state index < -0.39 is 0 Å². The lowest BCUT2D eigenvalue weighted by atomic mass is 9.96. The third-order valence-electron chi connectivity index (χ3n) is 4.46. The molecule has 0 saturated carbocycles. The summed E-state index contributed by atoms with van der Waals surface area (Å²) in [5, 5.41) is 0. The number of carbonyl (C=O) groups excluding carboxylic acids is 1. The van der Waals surface area contributed by atoms with E-state index in [4.69, 9.17) is 11.5 Å². The summed E-state index contributed by atoms with van der Waals surface area (Å²) in [5.41, 5.74) is 12.0. The van der Waals surface area contributed by atoms with Crippen molar-refractivity contribution < 1.29 is 4.79 Å². The van der Waals surface area contributed by atoms with Crippen LogP contribution in [0.2, 0.25) is 0 Å². The van der Waals surface area contributed by atoms with Gasteiger partial charge in [0.05, 0.1) is 11.6 Å². The van der Waals surface area contributed by atoms with E-state index >= 15 is 0 Å². The lowest BCUT2D eigenvalue weighted by Crippen LogP contribution is -2.44. The predicted molar refractivity (Wildman–Crippen MR) is 98.3 cm³/mol. The summed E-state index contributed by atoms with van der Waals surface area (Å²) in [6.07, 6.45) is 4.25. The molecule has 0 radical (unpaired) electrons. The Balaban J connectivity index is 0.00000132. The second-order valence-corrected chi connectivity index (χ2v) is 5.96. The fraction of sp³-hybridized carbons (Fsp3) is 0.600. The number of nitrogens with zero attached hydrogens (tertiary/aromatic N) is 3. The minimum atomic E-state index is 0. The molecule has 2 aliphatic heterocycles. The molecule has 0 aliphatic carbocycles. The molecule has 3 rings (SSSR count). The molecule has 1 aromatic rings. The van der Waals surface area contributed by atoms with Crippen LogP contribution < -0.4 is 16.4 Å². The number of amides is 1. The summed E-state index contributed by atoms with van der Waals surface area (Å²) in [5.74, 6) is 1.57. The highest BCUT2D eigenvalue weighted by Gasteiger charge is 2.30. The van der Waals surface area contributed by atoms with Crippen molar-refractivity contribution in [2.24, 2.45) is 5.92 Å². The maximum absolute atomic E-state index is 12.5. The van der Waals surface area contributed by atoms with E-state index in [2.05, 4.69) is 9.88 Å². The standard InChI is InChI=1S/C15H23N5O.2ClH/c16-12-5-6-13(18-14(12)17)20-9-3-4-11(10-20)15(21)19-7-1-2-8-19;;/h5-6,11H,1-4,7-10,16H2,(H2,17,18);2*1H. The Bertz CT molecular complexity index is 537. The minimum Gasteiger partial charge on any atom is -0.396 e. The number of hydrogen-bond acceptors (Lipinski definition) is 5. The first-order chi connectivity index (χ1) is 10.1. The van der Waals surface area contributed by atoms with Crippen LogP contribution in [0.25, 0.3) is 0 Å². The molecule has 1 atom stereocenters. The Morgan fingerprint density at radius 3 is 2.43 bits per heavy atom. The van der Waals surface area contributed by atoms with Gasteiger partial charge in [0, 0.05) is 26.2 Å². The number of nitrogen functional groups attached to an aromatic ring is 2. The second kappa shape index (κ2) is 8.45. The van der Waals surface area contributed by atoms with E-state index in [9.17, 15) is 4.79 Å². The van der Waals surface area contributed by atoms with Crippen molar-refractivity contribution in [2.45, 2.75) is 25.7 Å². The first kappa shape index (κ1) is 19.6. The maximum Gasteiger partial charge on any atom is 0.227 e. The van der Waals surface area contributed by atoms with E-state index in [0.29, 0.717) is 17.4 Å². The third kappa shape index (κ3) is 4.32. The molecule has 4 N–H and O–H groups in total. The average Bonchev–Trinajstić information content (AvgIpc) is 3.04. The third-order valence-corrected chi connectivity index (χ3v) is 4.46. The van der Waals surface area contributed by atoms with Gasteiger partial charge in [-0.2, -0.15) is 0 Å². The lowest BCUT2D eigenvalue weighted by Gasteiger charge is -2.34. The lowest BCUT2D eigenvalue weighted by molar-refractivity contribution is -0.134. The van der Waals surface area contributed by atoms with E-state index in [1.165, 1.54) is 0 Å². The number of hydrogen-bond donors (Lipinski definition) is 2. The monoisotopic (exact) mass is 361 g/mol. The highest BCUT2D eigenvalue weighted by atomic mass is 35.5. The SMILES string of the molecule is Cl.Cl.Nc1ccc(N2CCCC(C(=O)N3CCCC3)C2)nc1N. The van der Waals surface area contributed by atoms with Crippen molar-refractivity contribution in [3.8, 4) is 0 Å². The van der Waals surface area contributed by atoms with Gasteiger partial charge >= 0.3 is 0 Å². The van der Waals surface area contributed by atoms with Crippen molar-refractivity contribution >= 4 is 48.0 Å². The normalized spacial score (nSPS) is 20.6. The molecular formula is C15H25Cl2N5O. The van der Waals surface area contributed by atoms with E-state index in [1.54, 1.807) is 6.07 Å². The Morgan fingerprint density at radius 2 is 1.78 bits per heavy atom. The second-order valence-electron chi connectivity index (χ2n) is 5.96. The molecule has 0 bridgehead atoms. The zero-order valence-corrected chi connectivity index (χ0v) is 14.7. The van der Waals surface area contributed by atoms with Crippen LogP contribution in [0.4, 0.5) is 17.3 Å². The predicted octanol–water partition coefficient (Wildman–Crippen LogP) is 1.93. The molecule has 3 heterocycles. The zero-order chi connectivity index (χ0) is 14.8. The number of piperidine rings is 1. The average molecular weight is 362 g/mol. The Labute approximate surface area is 149 Å². The van der Waals surface area contributed by atoms with Crippen molar-refractivity contribution in [2.75, 3.05) is 42.5 Å². The van der Waals surface area contributed by atoms with Crippen LogP contribution in [-0.4, -0.2) is 42.0 Å². The first-order valence-corrected chi connectivity index (χ1v) is 7.71. The molecule has 2 aliphatic rings. The van der Waals surface area contributed by atoms with Crippen molar-refractivity contribution in [3.05, 3.63) is 12.1 Å². The van der Waals surface area contributed by atoms with Crippen LogP contribution in [0.1, 0.15) is 25.7 Å². The summed E-state index contributed by atoms with van der Waals surface area (Å²) in [6, 6.07) is 3.66. The molecule has 1 amide bonds. The van der Waals surface area contributed by atoms with Gasteiger partial charge in [-0.1, -0.05) is 0 Å². The van der Waals surface area contributed by atoms with Crippen molar-refractivity contribution in [3.63, 3.8) is 0 Å². The number of carbonyl (C=O) groups is 1. The largest absolute Gasteiger partial charge is 0.396 e. The first-order valence-electron chi connectivity index (χ1n) is 7.71. The Morgan fingerprint density at radius 1 is 1.09 bits per heavy atom. The van der Waals surface area contributed by atoms with Crippen LogP contribution in [0.5, 0.6) is 0 Å². The highest BCUT2D eigenvalue weighted by Crippen LogP contribution is 2.26. The number of anilines is 3. The molecule has 6 nitrogen and oxygen atoms in total. The number of nitrogens with two attached hydrogens (primary N) is 2. The van der Waals surface area contributed by atoms with Gasteiger partial charge in [-0.3, -0.25) is 4.79 Å². The van der Waals surface area contributed by atoms with Gasteiger partial charge in [0.1, 0.15) is 11.6 Å². The Hall–Kier alpha value is -1.40. The van der Waals surface area contributed by atoms with Crippen LogP contribution in [0, 0.1) is 5.92 Å². The Kier molecular flexibility index (Phi) is 7.22. The van der Waals surface area contributed by atoms with Gasteiger partial charge in [-0.25, -0.2) is 4.98 Å². The summed E-state index contributed by atoms with van der Waals surface area (Å²) < 4.78 is 0. The summed E-state index contributed by atoms with van der Waals surface area (Å²) in [4.78, 5) is 21.0. The number of halogens is 2. The molecule has 1 aromatic heterocycles. The van der Waals surface area contributed by atoms with Crippen LogP contribution in [0.3, 0.4) is 0 Å². The minimum absolute atomic E-state index is 0. The van der Waals surface area contributed by atoms with E-state index in [-0.39, 0.29) is 30.7 Å². The molecule has 0 spiro atoms. The summed E-state index contributed by atoms with van der Waals surface area (Å²) in [6.45, 7) is 3.48. The van der Waals surface area contributed by atoms with Gasteiger partial charge < -0.3 is 21.3 Å². The van der Waals surface area contributed by atoms with Gasteiger partial charge in [0.15, 0.2) is 0 Å². The fourth-order valence-corrected chi connectivity index (χ4v) is 3.23. The number of rotatable bonds is 2. The van der Waals surface area contributed by atoms with Gasteiger partial charge in [-0.05, 0) is 37.8 Å². The number of aromatic nitrogens is 1. The van der Waals surface area contributed by atoms with Crippen molar-refractivity contribution in [1.29, 1.82) is 0 Å². The molecule has 2 saturated heterocycles. The van der Waals surface area contributed by atoms with Crippen molar-refractivity contribution in [1.82, 2.24) is 9.88 Å². The fourth-order valence-electron chi connectivity index (χ4n) is 3.23. The molecule has 1 unspecified atom stereocenters. The molecular weight excluding hydrogens is 337 g/mol. The smallest absolute Gasteiger partial charge is 0.227 e. The highest BCUT2D eigenvalue weighted by molar-refractivity contribution is 5.85. The molecule has 23 heavy (non-hydrogen) atoms. The zero-order valence-electron chi connectivity index (χ0n) is 13.1.